The van der Waals surface area contributed by atoms with Gasteiger partial charge in [-0.1, -0.05) is 211 Å². The summed E-state index contributed by atoms with van der Waals surface area (Å²) in [6.45, 7) is 31.0. The lowest BCUT2D eigenvalue weighted by Gasteiger charge is -2.44. The molecule has 78 heavy (non-hydrogen) atoms. The second kappa shape index (κ2) is 15.7. The molecule has 2 aliphatic carbocycles. The lowest BCUT2D eigenvalue weighted by molar-refractivity contribution is 0.589. The molecule has 2 aliphatic heterocycles. The van der Waals surface area contributed by atoms with E-state index in [1.165, 1.54) is 154 Å². The topological polar surface area (TPSA) is 8.17 Å². The largest absolute Gasteiger partial charge is 0.376 e. The van der Waals surface area contributed by atoms with Gasteiger partial charge < -0.3 is 9.38 Å². The van der Waals surface area contributed by atoms with Gasteiger partial charge in [0.25, 0.3) is 0 Å². The lowest BCUT2D eigenvalue weighted by atomic mass is 9.43. The maximum absolute atomic E-state index is 2.79. The van der Waals surface area contributed by atoms with E-state index in [1.54, 1.807) is 0 Å². The van der Waals surface area contributed by atoms with E-state index in [0.29, 0.717) is 0 Å². The molecule has 4 heteroatoms. The summed E-state index contributed by atoms with van der Waals surface area (Å²) in [5, 5.41) is 4.01. The monoisotopic (exact) mass is 1030 g/mol. The van der Waals surface area contributed by atoms with Gasteiger partial charge in [-0.05, 0) is 154 Å². The van der Waals surface area contributed by atoms with E-state index >= 15 is 0 Å². The van der Waals surface area contributed by atoms with E-state index in [-0.39, 0.29) is 33.9 Å². The van der Waals surface area contributed by atoms with Crippen molar-refractivity contribution in [3.8, 4) is 60.6 Å². The lowest BCUT2D eigenvalue weighted by Crippen LogP contribution is -2.61. The van der Waals surface area contributed by atoms with Gasteiger partial charge >= 0.3 is 6.85 Å². The first-order valence-electron chi connectivity index (χ1n) is 28.4. The first-order valence-corrected chi connectivity index (χ1v) is 29.2. The van der Waals surface area contributed by atoms with E-state index in [9.17, 15) is 0 Å². The summed E-state index contributed by atoms with van der Waals surface area (Å²) in [6, 6.07) is 66.7. The first-order chi connectivity index (χ1) is 37.1. The fourth-order valence-electron chi connectivity index (χ4n) is 14.7. The van der Waals surface area contributed by atoms with Crippen LogP contribution in [0.4, 0.5) is 11.4 Å². The number of fused-ring (bicyclic) bond motifs is 17. The predicted molar refractivity (Wildman–Crippen MR) is 337 cm³/mol. The molecular formula is C74H67BN2S. The van der Waals surface area contributed by atoms with Gasteiger partial charge in [0.1, 0.15) is 0 Å². The highest BCUT2D eigenvalue weighted by Crippen LogP contribution is 2.61. The number of aromatic nitrogens is 1. The molecule has 0 saturated carbocycles. The van der Waals surface area contributed by atoms with Crippen molar-refractivity contribution in [3.63, 3.8) is 0 Å². The molecule has 15 rings (SSSR count). The quantitative estimate of drug-likeness (QED) is 0.160. The van der Waals surface area contributed by atoms with Crippen LogP contribution in [0.2, 0.25) is 0 Å². The molecule has 0 spiro atoms. The SMILES string of the molecule is CC(C)(C)c1ccc(N2B3c4cc5sc(-c6ccccc6)c(-c6ccccc6)c5cc4-n4c5ccc(C(C)(C)C)cc5c5c6c(c(c3c54)-c3cc4c(cc32)C(C)(C)c2ccc(C(C)(C)C)cc2-4)C(C)(C)c2ccccc2-6)cc1. The molecule has 0 fully saturated rings. The molecule has 0 amide bonds. The summed E-state index contributed by atoms with van der Waals surface area (Å²) in [5.41, 5.74) is 30.3. The van der Waals surface area contributed by atoms with Crippen LogP contribution in [-0.2, 0) is 27.1 Å². The highest BCUT2D eigenvalue weighted by Gasteiger charge is 2.51. The van der Waals surface area contributed by atoms with E-state index in [0.717, 1.165) is 0 Å². The van der Waals surface area contributed by atoms with Crippen molar-refractivity contribution >= 4 is 72.4 Å². The van der Waals surface area contributed by atoms with Crippen LogP contribution in [0.25, 0.3) is 92.5 Å². The van der Waals surface area contributed by atoms with Crippen molar-refractivity contribution in [1.29, 1.82) is 0 Å². The van der Waals surface area contributed by atoms with Crippen molar-refractivity contribution < 1.29 is 0 Å². The van der Waals surface area contributed by atoms with Gasteiger partial charge in [-0.2, -0.15) is 0 Å². The van der Waals surface area contributed by atoms with Gasteiger partial charge in [-0.25, -0.2) is 0 Å². The van der Waals surface area contributed by atoms with Crippen LogP contribution < -0.4 is 15.7 Å². The maximum atomic E-state index is 2.79. The van der Waals surface area contributed by atoms with Crippen molar-refractivity contribution in [3.05, 3.63) is 209 Å². The Kier molecular flexibility index (Phi) is 9.60. The van der Waals surface area contributed by atoms with Crippen molar-refractivity contribution in [2.75, 3.05) is 4.81 Å². The van der Waals surface area contributed by atoms with Crippen LogP contribution in [0.15, 0.2) is 170 Å². The van der Waals surface area contributed by atoms with Gasteiger partial charge in [0.2, 0.25) is 0 Å². The molecule has 0 radical (unpaired) electrons. The Morgan fingerprint density at radius 3 is 1.74 bits per heavy atom. The molecule has 11 aromatic rings. The minimum Gasteiger partial charge on any atom is -0.376 e. The van der Waals surface area contributed by atoms with Gasteiger partial charge in [0.15, 0.2) is 0 Å². The summed E-state index contributed by atoms with van der Waals surface area (Å²) in [4.78, 5) is 4.10. The van der Waals surface area contributed by atoms with E-state index in [2.05, 4.69) is 269 Å². The van der Waals surface area contributed by atoms with Crippen LogP contribution in [0.3, 0.4) is 0 Å². The van der Waals surface area contributed by atoms with Gasteiger partial charge in [0, 0.05) is 64.8 Å². The van der Waals surface area contributed by atoms with Crippen LogP contribution in [0, 0.1) is 0 Å². The minimum absolute atomic E-state index is 0.00273. The minimum atomic E-state index is -0.302. The number of hydrogen-bond donors (Lipinski definition) is 0. The Morgan fingerprint density at radius 2 is 1.05 bits per heavy atom. The summed E-state index contributed by atoms with van der Waals surface area (Å²) >= 11 is 1.95. The Morgan fingerprint density at radius 1 is 0.449 bits per heavy atom. The molecule has 2 aromatic heterocycles. The van der Waals surface area contributed by atoms with Crippen molar-refractivity contribution in [2.24, 2.45) is 0 Å². The molecule has 2 nitrogen and oxygen atoms in total. The third kappa shape index (κ3) is 6.38. The number of benzene rings is 9. The third-order valence-corrected chi connectivity index (χ3v) is 20.0. The zero-order chi connectivity index (χ0) is 53.9. The summed E-state index contributed by atoms with van der Waals surface area (Å²) < 4.78 is 4.04. The standard InChI is InChI=1S/C74H67BN2S/c1-70(2,3)44-28-32-47(33-29-44)77-59-40-56-50(49-36-45(71(4,5)6)30-34-55(49)73(56,10)11)38-52(59)65-66-63(48-26-20-21-27-54(48)74(66,12)13)64-51-37-46(72(7,8)9)31-35-58(51)76-60-39-53-61(41-57(60)75(77)67(65)68(64)76)78-69(43-24-18-15-19-25-43)62(53)42-22-16-14-17-23-42/h14-41H,1-13H3. The summed E-state index contributed by atoms with van der Waals surface area (Å²) in [6.07, 6.45) is 0. The Hall–Kier alpha value is -7.40. The fraction of sp³-hybridized carbons (Fsp3) is 0.243. The average molecular weight is 1030 g/mol. The zero-order valence-corrected chi connectivity index (χ0v) is 48.4. The molecule has 9 aromatic carbocycles. The van der Waals surface area contributed by atoms with Crippen LogP contribution in [0.1, 0.15) is 129 Å². The number of thiophene rings is 1. The van der Waals surface area contributed by atoms with Gasteiger partial charge in [0.05, 0.1) is 11.0 Å². The molecule has 382 valence electrons. The van der Waals surface area contributed by atoms with E-state index in [1.807, 2.05) is 11.3 Å². The average Bonchev–Trinajstić information content (AvgIpc) is 2.48. The number of anilines is 2. The highest BCUT2D eigenvalue weighted by molar-refractivity contribution is 7.23. The molecule has 0 atom stereocenters. The van der Waals surface area contributed by atoms with Crippen molar-refractivity contribution in [2.45, 2.75) is 117 Å². The maximum Gasteiger partial charge on any atom is 0.333 e. The molecule has 4 heterocycles. The second-order valence-corrected chi connectivity index (χ2v) is 28.4. The Labute approximate surface area is 465 Å². The zero-order valence-electron chi connectivity index (χ0n) is 47.5. The molecule has 0 bridgehead atoms. The molecule has 0 N–H and O–H groups in total. The second-order valence-electron chi connectivity index (χ2n) is 27.3. The van der Waals surface area contributed by atoms with E-state index < -0.39 is 0 Å². The highest BCUT2D eigenvalue weighted by atomic mass is 32.1. The van der Waals surface area contributed by atoms with E-state index in [4.69, 9.17) is 0 Å². The van der Waals surface area contributed by atoms with Crippen LogP contribution in [0.5, 0.6) is 0 Å². The molecule has 0 unspecified atom stereocenters. The van der Waals surface area contributed by atoms with Crippen LogP contribution >= 0.6 is 11.3 Å². The number of nitrogens with zero attached hydrogens (tertiary/aromatic N) is 2. The Balaban J connectivity index is 1.17. The molecular weight excluding hydrogens is 960 g/mol. The van der Waals surface area contributed by atoms with Gasteiger partial charge in [-0.15, -0.1) is 11.3 Å². The smallest absolute Gasteiger partial charge is 0.333 e. The van der Waals surface area contributed by atoms with Crippen molar-refractivity contribution in [1.82, 2.24) is 4.57 Å². The van der Waals surface area contributed by atoms with Gasteiger partial charge in [-0.3, -0.25) is 0 Å². The Bertz CT molecular complexity index is 4410. The summed E-state index contributed by atoms with van der Waals surface area (Å²) in [5.74, 6) is 0. The van der Waals surface area contributed by atoms with Crippen LogP contribution in [-0.4, -0.2) is 11.4 Å². The third-order valence-electron chi connectivity index (χ3n) is 18.8. The predicted octanol–water partition coefficient (Wildman–Crippen LogP) is 19.1. The number of rotatable bonds is 3. The first kappa shape index (κ1) is 47.8. The molecule has 0 saturated heterocycles. The number of hydrogen-bond acceptors (Lipinski definition) is 2. The fourth-order valence-corrected chi connectivity index (χ4v) is 16.0. The summed E-state index contributed by atoms with van der Waals surface area (Å²) in [7, 11) is 0. The molecule has 4 aliphatic rings. The normalized spacial score (nSPS) is 15.4.